The number of aliphatic hydroxyl groups is 1. The molecule has 0 aliphatic carbocycles. The first-order valence-electron chi connectivity index (χ1n) is 4.14. The maximum atomic E-state index is 12.8. The van der Waals surface area contributed by atoms with Crippen LogP contribution in [0, 0.1) is 5.82 Å². The molecule has 0 aliphatic heterocycles. The van der Waals surface area contributed by atoms with E-state index in [1.165, 1.54) is 12.1 Å². The summed E-state index contributed by atoms with van der Waals surface area (Å²) in [4.78, 5) is 0. The Morgan fingerprint density at radius 2 is 2.08 bits per heavy atom. The monoisotopic (exact) mass is 183 g/mol. The van der Waals surface area contributed by atoms with Gasteiger partial charge in [-0.3, -0.25) is 0 Å². The standard InChI is InChI=1S/C10H14FNO/c1-10(2,13)9(12)7-4-3-5-8(11)6-7/h3-6,9,13H,12H2,1-2H3. The smallest absolute Gasteiger partial charge is 0.123 e. The number of hydrogen-bond donors (Lipinski definition) is 2. The maximum Gasteiger partial charge on any atom is 0.123 e. The van der Waals surface area contributed by atoms with Gasteiger partial charge in [0.1, 0.15) is 5.82 Å². The first kappa shape index (κ1) is 10.2. The Labute approximate surface area is 77.2 Å². The van der Waals surface area contributed by atoms with Gasteiger partial charge in [0, 0.05) is 0 Å². The first-order valence-corrected chi connectivity index (χ1v) is 4.14. The van der Waals surface area contributed by atoms with E-state index in [2.05, 4.69) is 0 Å². The Morgan fingerprint density at radius 3 is 2.54 bits per heavy atom. The maximum absolute atomic E-state index is 12.8. The van der Waals surface area contributed by atoms with Gasteiger partial charge in [-0.05, 0) is 31.5 Å². The molecule has 72 valence electrons. The van der Waals surface area contributed by atoms with Crippen LogP contribution in [0.5, 0.6) is 0 Å². The van der Waals surface area contributed by atoms with Crippen LogP contribution in [0.25, 0.3) is 0 Å². The second-order valence-electron chi connectivity index (χ2n) is 3.69. The van der Waals surface area contributed by atoms with E-state index in [0.29, 0.717) is 5.56 Å². The second kappa shape index (κ2) is 3.44. The van der Waals surface area contributed by atoms with Crippen molar-refractivity contribution in [3.8, 4) is 0 Å². The zero-order valence-corrected chi connectivity index (χ0v) is 7.79. The molecule has 0 aliphatic rings. The molecule has 0 amide bonds. The third-order valence-corrected chi connectivity index (χ3v) is 1.97. The molecule has 0 fully saturated rings. The summed E-state index contributed by atoms with van der Waals surface area (Å²) in [5.74, 6) is -0.336. The summed E-state index contributed by atoms with van der Waals surface area (Å²) in [6.07, 6.45) is 0. The van der Waals surface area contributed by atoms with Gasteiger partial charge in [-0.1, -0.05) is 12.1 Å². The van der Waals surface area contributed by atoms with Crippen molar-refractivity contribution < 1.29 is 9.50 Å². The van der Waals surface area contributed by atoms with Crippen molar-refractivity contribution in [3.63, 3.8) is 0 Å². The van der Waals surface area contributed by atoms with Gasteiger partial charge in [0.15, 0.2) is 0 Å². The molecule has 0 heterocycles. The highest BCUT2D eigenvalue weighted by molar-refractivity contribution is 5.21. The third-order valence-electron chi connectivity index (χ3n) is 1.97. The molecular formula is C10H14FNO. The fourth-order valence-electron chi connectivity index (χ4n) is 1.11. The SMILES string of the molecule is CC(C)(O)C(N)c1cccc(F)c1. The topological polar surface area (TPSA) is 46.2 Å². The second-order valence-corrected chi connectivity index (χ2v) is 3.69. The van der Waals surface area contributed by atoms with E-state index in [1.807, 2.05) is 0 Å². The number of halogens is 1. The van der Waals surface area contributed by atoms with Crippen molar-refractivity contribution in [1.82, 2.24) is 0 Å². The van der Waals surface area contributed by atoms with Crippen LogP contribution >= 0.6 is 0 Å². The van der Waals surface area contributed by atoms with Crippen molar-refractivity contribution >= 4 is 0 Å². The van der Waals surface area contributed by atoms with Crippen molar-refractivity contribution in [3.05, 3.63) is 35.6 Å². The van der Waals surface area contributed by atoms with Crippen molar-refractivity contribution in [2.75, 3.05) is 0 Å². The van der Waals surface area contributed by atoms with Crippen molar-refractivity contribution in [2.45, 2.75) is 25.5 Å². The minimum atomic E-state index is -1.03. The predicted octanol–water partition coefficient (Wildman–Crippen LogP) is 1.60. The Balaban J connectivity index is 2.96. The van der Waals surface area contributed by atoms with Gasteiger partial charge in [0.2, 0.25) is 0 Å². The summed E-state index contributed by atoms with van der Waals surface area (Å²) in [6.45, 7) is 3.20. The van der Waals surface area contributed by atoms with Crippen LogP contribution in [0.2, 0.25) is 0 Å². The van der Waals surface area contributed by atoms with Crippen LogP contribution in [0.4, 0.5) is 4.39 Å². The van der Waals surface area contributed by atoms with E-state index in [-0.39, 0.29) is 5.82 Å². The van der Waals surface area contributed by atoms with E-state index in [0.717, 1.165) is 0 Å². The lowest BCUT2D eigenvalue weighted by atomic mass is 9.93. The molecule has 1 unspecified atom stereocenters. The van der Waals surface area contributed by atoms with Gasteiger partial charge in [-0.15, -0.1) is 0 Å². The molecule has 1 aromatic carbocycles. The molecule has 13 heavy (non-hydrogen) atoms. The molecule has 2 nitrogen and oxygen atoms in total. The van der Waals surface area contributed by atoms with Crippen LogP contribution in [0.15, 0.2) is 24.3 Å². The largest absolute Gasteiger partial charge is 0.388 e. The first-order chi connectivity index (χ1) is 5.91. The van der Waals surface area contributed by atoms with Gasteiger partial charge in [-0.25, -0.2) is 4.39 Å². The molecule has 1 rings (SSSR count). The summed E-state index contributed by atoms with van der Waals surface area (Å²) in [6, 6.07) is 5.40. The highest BCUT2D eigenvalue weighted by Crippen LogP contribution is 2.22. The van der Waals surface area contributed by atoms with Crippen LogP contribution in [0.3, 0.4) is 0 Å². The summed E-state index contributed by atoms with van der Waals surface area (Å²) < 4.78 is 12.8. The fourth-order valence-corrected chi connectivity index (χ4v) is 1.11. The van der Waals surface area contributed by atoms with E-state index < -0.39 is 11.6 Å². The third kappa shape index (κ3) is 2.50. The summed E-state index contributed by atoms with van der Waals surface area (Å²) in [5.41, 5.74) is 5.29. The number of nitrogens with two attached hydrogens (primary N) is 1. The number of hydrogen-bond acceptors (Lipinski definition) is 2. The minimum Gasteiger partial charge on any atom is -0.388 e. The van der Waals surface area contributed by atoms with Gasteiger partial charge in [0.25, 0.3) is 0 Å². The summed E-state index contributed by atoms with van der Waals surface area (Å²) in [7, 11) is 0. The molecule has 0 saturated carbocycles. The van der Waals surface area contributed by atoms with Crippen molar-refractivity contribution in [1.29, 1.82) is 0 Å². The molecule has 0 radical (unpaired) electrons. The van der Waals surface area contributed by atoms with Crippen LogP contribution in [-0.2, 0) is 0 Å². The number of benzene rings is 1. The normalized spacial score (nSPS) is 14.2. The zero-order valence-electron chi connectivity index (χ0n) is 7.79. The van der Waals surface area contributed by atoms with E-state index >= 15 is 0 Å². The van der Waals surface area contributed by atoms with Crippen LogP contribution < -0.4 is 5.73 Å². The van der Waals surface area contributed by atoms with Crippen LogP contribution in [0.1, 0.15) is 25.5 Å². The molecule has 3 N–H and O–H groups in total. The Morgan fingerprint density at radius 1 is 1.46 bits per heavy atom. The molecule has 0 bridgehead atoms. The molecule has 0 spiro atoms. The minimum absolute atomic E-state index is 0.336. The molecular weight excluding hydrogens is 169 g/mol. The lowest BCUT2D eigenvalue weighted by Gasteiger charge is -2.25. The van der Waals surface area contributed by atoms with Gasteiger partial charge in [0.05, 0.1) is 11.6 Å². The van der Waals surface area contributed by atoms with Gasteiger partial charge < -0.3 is 10.8 Å². The molecule has 3 heteroatoms. The van der Waals surface area contributed by atoms with Gasteiger partial charge in [-0.2, -0.15) is 0 Å². The highest BCUT2D eigenvalue weighted by Gasteiger charge is 2.24. The van der Waals surface area contributed by atoms with Gasteiger partial charge >= 0.3 is 0 Å². The predicted molar refractivity (Wildman–Crippen MR) is 49.6 cm³/mol. The molecule has 0 aromatic heterocycles. The fraction of sp³-hybridized carbons (Fsp3) is 0.400. The summed E-state index contributed by atoms with van der Waals surface area (Å²) in [5, 5.41) is 9.58. The summed E-state index contributed by atoms with van der Waals surface area (Å²) >= 11 is 0. The molecule has 0 saturated heterocycles. The Hall–Kier alpha value is -0.930. The lowest BCUT2D eigenvalue weighted by molar-refractivity contribution is 0.0516. The molecule has 1 aromatic rings. The average molecular weight is 183 g/mol. The highest BCUT2D eigenvalue weighted by atomic mass is 19.1. The lowest BCUT2D eigenvalue weighted by Crippen LogP contribution is -2.35. The number of rotatable bonds is 2. The molecule has 1 atom stereocenters. The van der Waals surface area contributed by atoms with E-state index in [4.69, 9.17) is 5.73 Å². The van der Waals surface area contributed by atoms with Crippen molar-refractivity contribution in [2.24, 2.45) is 5.73 Å². The van der Waals surface area contributed by atoms with E-state index in [9.17, 15) is 9.50 Å². The Kier molecular flexibility index (Phi) is 2.68. The van der Waals surface area contributed by atoms with E-state index in [1.54, 1.807) is 26.0 Å². The quantitative estimate of drug-likeness (QED) is 0.731. The average Bonchev–Trinajstić information content (AvgIpc) is 2.01. The van der Waals surface area contributed by atoms with Crippen LogP contribution in [-0.4, -0.2) is 10.7 Å². The zero-order chi connectivity index (χ0) is 10.1. The Bertz CT molecular complexity index is 293.